The standard InChI is InChI=1S/C18H23N5O3/c1-21-8-10-22(11-9-21)17(25)6-7-19-16(24)12-23-13-20-15-5-3-2-4-14(15)18(23)26/h2-5,13H,6-12H2,1H3,(H,19,24). The van der Waals surface area contributed by atoms with Gasteiger partial charge in [0.1, 0.15) is 6.54 Å². The molecule has 0 unspecified atom stereocenters. The van der Waals surface area contributed by atoms with Crippen molar-refractivity contribution >= 4 is 22.7 Å². The Hall–Kier alpha value is -2.74. The minimum atomic E-state index is -0.310. The highest BCUT2D eigenvalue weighted by Crippen LogP contribution is 2.04. The van der Waals surface area contributed by atoms with Crippen LogP contribution in [0.25, 0.3) is 10.9 Å². The van der Waals surface area contributed by atoms with E-state index in [1.165, 1.54) is 10.9 Å². The summed E-state index contributed by atoms with van der Waals surface area (Å²) in [7, 11) is 2.03. The molecule has 0 aliphatic carbocycles. The lowest BCUT2D eigenvalue weighted by atomic mass is 10.2. The Morgan fingerprint density at radius 1 is 1.15 bits per heavy atom. The fourth-order valence-electron chi connectivity index (χ4n) is 2.95. The number of likely N-dealkylation sites (N-methyl/N-ethyl adjacent to an activating group) is 1. The number of aromatic nitrogens is 2. The van der Waals surface area contributed by atoms with Crippen LogP contribution in [0.5, 0.6) is 0 Å². The van der Waals surface area contributed by atoms with Gasteiger partial charge in [-0.2, -0.15) is 0 Å². The lowest BCUT2D eigenvalue weighted by Crippen LogP contribution is -2.47. The zero-order valence-electron chi connectivity index (χ0n) is 14.9. The highest BCUT2D eigenvalue weighted by Gasteiger charge is 2.18. The van der Waals surface area contributed by atoms with Crippen LogP contribution in [0, 0.1) is 0 Å². The third-order valence-corrected chi connectivity index (χ3v) is 4.56. The number of carbonyl (C=O) groups is 2. The predicted octanol–water partition coefficient (Wildman–Crippen LogP) is -0.323. The molecule has 1 aliphatic rings. The van der Waals surface area contributed by atoms with Crippen molar-refractivity contribution in [3.63, 3.8) is 0 Å². The second-order valence-electron chi connectivity index (χ2n) is 6.48. The molecule has 1 aromatic heterocycles. The molecule has 26 heavy (non-hydrogen) atoms. The molecule has 2 amide bonds. The van der Waals surface area contributed by atoms with Crippen LogP contribution in [0.3, 0.4) is 0 Å². The minimum absolute atomic E-state index is 0.0444. The Bertz CT molecular complexity index is 855. The van der Waals surface area contributed by atoms with Crippen molar-refractivity contribution in [3.8, 4) is 0 Å². The average molecular weight is 357 g/mol. The molecule has 2 aromatic rings. The van der Waals surface area contributed by atoms with Crippen LogP contribution in [-0.2, 0) is 16.1 Å². The summed E-state index contributed by atoms with van der Waals surface area (Å²) in [5.41, 5.74) is 0.353. The van der Waals surface area contributed by atoms with Crippen molar-refractivity contribution in [2.24, 2.45) is 0 Å². The molecule has 8 heteroatoms. The number of nitrogens with zero attached hydrogens (tertiary/aromatic N) is 4. The van der Waals surface area contributed by atoms with E-state index in [4.69, 9.17) is 0 Å². The summed E-state index contributed by atoms with van der Waals surface area (Å²) in [6.45, 7) is 3.34. The first-order valence-electron chi connectivity index (χ1n) is 8.72. The minimum Gasteiger partial charge on any atom is -0.354 e. The molecule has 1 saturated heterocycles. The first-order valence-corrected chi connectivity index (χ1v) is 8.72. The second kappa shape index (κ2) is 8.09. The number of rotatable bonds is 5. The van der Waals surface area contributed by atoms with Gasteiger partial charge in [-0.05, 0) is 19.2 Å². The van der Waals surface area contributed by atoms with E-state index >= 15 is 0 Å². The van der Waals surface area contributed by atoms with E-state index in [9.17, 15) is 14.4 Å². The lowest BCUT2D eigenvalue weighted by molar-refractivity contribution is -0.132. The largest absolute Gasteiger partial charge is 0.354 e. The third-order valence-electron chi connectivity index (χ3n) is 4.56. The monoisotopic (exact) mass is 357 g/mol. The molecule has 2 heterocycles. The highest BCUT2D eigenvalue weighted by molar-refractivity contribution is 5.80. The molecular formula is C18H23N5O3. The molecule has 0 bridgehead atoms. The summed E-state index contributed by atoms with van der Waals surface area (Å²) in [5, 5.41) is 3.18. The molecule has 138 valence electrons. The number of para-hydroxylation sites is 1. The first-order chi connectivity index (χ1) is 12.5. The number of carbonyl (C=O) groups excluding carboxylic acids is 2. The van der Waals surface area contributed by atoms with E-state index in [0.717, 1.165) is 26.2 Å². The molecule has 8 nitrogen and oxygen atoms in total. The van der Waals surface area contributed by atoms with Crippen LogP contribution >= 0.6 is 0 Å². The lowest BCUT2D eigenvalue weighted by Gasteiger charge is -2.32. The van der Waals surface area contributed by atoms with Gasteiger partial charge in [0, 0.05) is 39.1 Å². The van der Waals surface area contributed by atoms with Gasteiger partial charge >= 0.3 is 0 Å². The molecular weight excluding hydrogens is 334 g/mol. The molecule has 0 spiro atoms. The van der Waals surface area contributed by atoms with Crippen molar-refractivity contribution in [1.82, 2.24) is 24.7 Å². The maximum Gasteiger partial charge on any atom is 0.261 e. The molecule has 1 fully saturated rings. The fraction of sp³-hybridized carbons (Fsp3) is 0.444. The van der Waals surface area contributed by atoms with Crippen LogP contribution in [0.4, 0.5) is 0 Å². The second-order valence-corrected chi connectivity index (χ2v) is 6.48. The molecule has 0 atom stereocenters. The normalized spacial score (nSPS) is 15.2. The number of fused-ring (bicyclic) bond motifs is 1. The van der Waals surface area contributed by atoms with Crippen LogP contribution in [0.15, 0.2) is 35.4 Å². The van der Waals surface area contributed by atoms with E-state index in [1.54, 1.807) is 18.2 Å². The smallest absolute Gasteiger partial charge is 0.261 e. The molecule has 1 N–H and O–H groups in total. The van der Waals surface area contributed by atoms with E-state index in [-0.39, 0.29) is 36.9 Å². The Balaban J connectivity index is 1.49. The van der Waals surface area contributed by atoms with Crippen molar-refractivity contribution in [3.05, 3.63) is 40.9 Å². The van der Waals surface area contributed by atoms with Gasteiger partial charge in [0.15, 0.2) is 0 Å². The van der Waals surface area contributed by atoms with Crippen LogP contribution in [0.1, 0.15) is 6.42 Å². The predicted molar refractivity (Wildman–Crippen MR) is 97.7 cm³/mol. The quantitative estimate of drug-likeness (QED) is 0.792. The van der Waals surface area contributed by atoms with E-state index in [1.807, 2.05) is 18.0 Å². The van der Waals surface area contributed by atoms with Crippen LogP contribution < -0.4 is 10.9 Å². The zero-order valence-corrected chi connectivity index (χ0v) is 14.9. The SMILES string of the molecule is CN1CCN(C(=O)CCNC(=O)Cn2cnc3ccccc3c2=O)CC1. The van der Waals surface area contributed by atoms with Crippen molar-refractivity contribution in [2.45, 2.75) is 13.0 Å². The third kappa shape index (κ3) is 4.26. The Labute approximate surface area is 151 Å². The molecule has 3 rings (SSSR count). The molecule has 0 radical (unpaired) electrons. The van der Waals surface area contributed by atoms with Crippen molar-refractivity contribution < 1.29 is 9.59 Å². The summed E-state index contributed by atoms with van der Waals surface area (Å²) < 4.78 is 1.28. The Morgan fingerprint density at radius 3 is 2.65 bits per heavy atom. The number of hydrogen-bond acceptors (Lipinski definition) is 5. The molecule has 1 aromatic carbocycles. The summed E-state index contributed by atoms with van der Waals surface area (Å²) in [6.07, 6.45) is 1.64. The van der Waals surface area contributed by atoms with Gasteiger partial charge in [0.2, 0.25) is 11.8 Å². The van der Waals surface area contributed by atoms with Gasteiger partial charge < -0.3 is 15.1 Å². The first kappa shape index (κ1) is 18.1. The number of nitrogens with one attached hydrogen (secondary N) is 1. The van der Waals surface area contributed by atoms with Gasteiger partial charge in [-0.15, -0.1) is 0 Å². The number of amides is 2. The van der Waals surface area contributed by atoms with Gasteiger partial charge in [0.05, 0.1) is 17.2 Å². The summed E-state index contributed by atoms with van der Waals surface area (Å²) in [6, 6.07) is 7.02. The maximum absolute atomic E-state index is 12.4. The molecule has 0 saturated carbocycles. The number of piperazine rings is 1. The topological polar surface area (TPSA) is 87.5 Å². The Morgan fingerprint density at radius 2 is 1.88 bits per heavy atom. The van der Waals surface area contributed by atoms with E-state index in [2.05, 4.69) is 15.2 Å². The van der Waals surface area contributed by atoms with Crippen LogP contribution in [0.2, 0.25) is 0 Å². The fourth-order valence-corrected chi connectivity index (χ4v) is 2.95. The highest BCUT2D eigenvalue weighted by atomic mass is 16.2. The zero-order chi connectivity index (χ0) is 18.5. The summed E-state index contributed by atoms with van der Waals surface area (Å²) in [4.78, 5) is 44.8. The van der Waals surface area contributed by atoms with E-state index < -0.39 is 0 Å². The Kier molecular flexibility index (Phi) is 5.62. The van der Waals surface area contributed by atoms with Gasteiger partial charge in [0.25, 0.3) is 5.56 Å². The molecule has 1 aliphatic heterocycles. The number of benzene rings is 1. The maximum atomic E-state index is 12.4. The van der Waals surface area contributed by atoms with E-state index in [0.29, 0.717) is 10.9 Å². The summed E-state index contributed by atoms with van der Waals surface area (Å²) in [5.74, 6) is -0.265. The average Bonchev–Trinajstić information content (AvgIpc) is 2.65. The van der Waals surface area contributed by atoms with Crippen molar-refractivity contribution in [1.29, 1.82) is 0 Å². The van der Waals surface area contributed by atoms with Gasteiger partial charge in [-0.1, -0.05) is 12.1 Å². The summed E-state index contributed by atoms with van der Waals surface area (Å²) >= 11 is 0. The van der Waals surface area contributed by atoms with Gasteiger partial charge in [-0.25, -0.2) is 4.98 Å². The number of hydrogen-bond donors (Lipinski definition) is 1. The van der Waals surface area contributed by atoms with Crippen molar-refractivity contribution in [2.75, 3.05) is 39.8 Å². The van der Waals surface area contributed by atoms with Crippen LogP contribution in [-0.4, -0.2) is 70.9 Å². The van der Waals surface area contributed by atoms with Gasteiger partial charge in [-0.3, -0.25) is 19.0 Å².